The average molecular weight is 638 g/mol. The summed E-state index contributed by atoms with van der Waals surface area (Å²) in [7, 11) is 0. The molecule has 1 aromatic heterocycles. The normalized spacial score (nSPS) is 27.7. The highest BCUT2D eigenvalue weighted by atomic mass is 32.2. The summed E-state index contributed by atoms with van der Waals surface area (Å²) >= 11 is 2.92. The van der Waals surface area contributed by atoms with Crippen LogP contribution < -0.4 is 19.8 Å². The summed E-state index contributed by atoms with van der Waals surface area (Å²) in [6.45, 7) is 3.85. The van der Waals surface area contributed by atoms with Gasteiger partial charge in [-0.25, -0.2) is 0 Å². The number of anilines is 2. The van der Waals surface area contributed by atoms with Crippen LogP contribution in [0.2, 0.25) is 0 Å². The fraction of sp³-hybridized carbons (Fsp3) is 0.314. The summed E-state index contributed by atoms with van der Waals surface area (Å²) in [4.78, 5) is 58.2. The summed E-state index contributed by atoms with van der Waals surface area (Å²) in [5, 5.41) is 3.84. The van der Waals surface area contributed by atoms with Crippen LogP contribution in [0.3, 0.4) is 0 Å². The van der Waals surface area contributed by atoms with E-state index in [1.807, 2.05) is 86.6 Å². The van der Waals surface area contributed by atoms with Crippen molar-refractivity contribution in [3.05, 3.63) is 104 Å². The number of benzene rings is 3. The number of rotatable bonds is 6. The number of fused-ring (bicyclic) bond motifs is 9. The van der Waals surface area contributed by atoms with Crippen LogP contribution in [-0.2, 0) is 14.4 Å². The van der Waals surface area contributed by atoms with E-state index in [0.717, 1.165) is 33.0 Å². The van der Waals surface area contributed by atoms with Gasteiger partial charge in [-0.3, -0.25) is 24.1 Å². The fourth-order valence-corrected chi connectivity index (χ4v) is 11.0. The van der Waals surface area contributed by atoms with E-state index in [4.69, 9.17) is 4.74 Å². The van der Waals surface area contributed by atoms with Gasteiger partial charge in [0.2, 0.25) is 11.8 Å². The van der Waals surface area contributed by atoms with E-state index in [9.17, 15) is 19.2 Å². The number of aromatic amines is 1. The van der Waals surface area contributed by atoms with E-state index < -0.39 is 0 Å². The van der Waals surface area contributed by atoms with Crippen molar-refractivity contribution >= 4 is 52.2 Å². The van der Waals surface area contributed by atoms with Crippen molar-refractivity contribution in [3.63, 3.8) is 0 Å². The van der Waals surface area contributed by atoms with Crippen LogP contribution in [0.15, 0.2) is 82.6 Å². The topological polar surface area (TPSA) is 109 Å². The van der Waals surface area contributed by atoms with Crippen LogP contribution in [0.25, 0.3) is 0 Å². The number of thiazole rings is 1. The fourth-order valence-electron chi connectivity index (χ4n) is 8.09. The molecule has 3 heterocycles. The van der Waals surface area contributed by atoms with Crippen molar-refractivity contribution in [2.45, 2.75) is 36.5 Å². The molecule has 8 rings (SSSR count). The number of aromatic nitrogens is 1. The molecule has 10 heteroatoms. The third-order valence-electron chi connectivity index (χ3n) is 9.96. The summed E-state index contributed by atoms with van der Waals surface area (Å²) in [6.07, 6.45) is 0.837. The van der Waals surface area contributed by atoms with Crippen LogP contribution in [0.5, 0.6) is 5.75 Å². The number of thioether (sulfide) groups is 1. The highest BCUT2D eigenvalue weighted by molar-refractivity contribution is 8.00. The van der Waals surface area contributed by atoms with Gasteiger partial charge in [-0.1, -0.05) is 58.9 Å². The lowest BCUT2D eigenvalue weighted by Gasteiger charge is -2.43. The van der Waals surface area contributed by atoms with Crippen molar-refractivity contribution < 1.29 is 19.1 Å². The summed E-state index contributed by atoms with van der Waals surface area (Å²) < 4.78 is 5.80. The second-order valence-corrected chi connectivity index (χ2v) is 14.8. The number of hydrogen-bond acceptors (Lipinski definition) is 7. The van der Waals surface area contributed by atoms with Gasteiger partial charge in [-0.15, -0.1) is 11.8 Å². The Kier molecular flexibility index (Phi) is 6.76. The first kappa shape index (κ1) is 28.3. The maximum atomic E-state index is 13.9. The predicted molar refractivity (Wildman–Crippen MR) is 174 cm³/mol. The quantitative estimate of drug-likeness (QED) is 0.261. The average Bonchev–Trinajstić information content (AvgIpc) is 3.77. The van der Waals surface area contributed by atoms with E-state index in [0.29, 0.717) is 17.1 Å². The molecule has 45 heavy (non-hydrogen) atoms. The highest BCUT2D eigenvalue weighted by Gasteiger charge is 2.69. The molecule has 4 aliphatic rings. The Bertz CT molecular complexity index is 1880. The molecule has 3 aromatic carbocycles. The molecule has 228 valence electrons. The second-order valence-electron chi connectivity index (χ2n) is 12.6. The van der Waals surface area contributed by atoms with Crippen LogP contribution in [0.1, 0.15) is 33.9 Å². The third-order valence-corrected chi connectivity index (χ3v) is 12.5. The molecule has 4 aromatic rings. The maximum Gasteiger partial charge on any atom is 0.305 e. The van der Waals surface area contributed by atoms with Gasteiger partial charge in [0, 0.05) is 21.7 Å². The number of imide groups is 1. The van der Waals surface area contributed by atoms with Gasteiger partial charge in [0.1, 0.15) is 5.75 Å². The maximum absolute atomic E-state index is 13.9. The zero-order valence-corrected chi connectivity index (χ0v) is 26.3. The van der Waals surface area contributed by atoms with Crippen molar-refractivity contribution in [3.8, 4) is 5.75 Å². The number of amides is 3. The van der Waals surface area contributed by atoms with E-state index in [2.05, 4.69) is 10.3 Å². The van der Waals surface area contributed by atoms with Crippen molar-refractivity contribution in [2.75, 3.05) is 16.8 Å². The standard InChI is InChI=1S/C35H31N3O5S2/c1-17-3-9-20(10-4-17)36-25(39)16-43-22-13-7-19(8-14-22)26-27-23-15-24(30(27)44-32-31(26)45-35(42)37-32)29-28(23)33(40)38(34(29)41)21-11-5-18(2)6-12-21/h3-14,23-24,26-30H,15-16H2,1-2H3,(H,36,39)(H,37,42)/t23-,24-,26-,27?,28?,29?,30?/m1/s1. The highest BCUT2D eigenvalue weighted by Crippen LogP contribution is 2.68. The second kappa shape index (κ2) is 10.7. The molecular weight excluding hydrogens is 607 g/mol. The molecule has 3 fully saturated rings. The largest absolute Gasteiger partial charge is 0.484 e. The molecule has 2 N–H and O–H groups in total. The Morgan fingerprint density at radius 2 is 1.53 bits per heavy atom. The van der Waals surface area contributed by atoms with Crippen LogP contribution >= 0.6 is 23.1 Å². The van der Waals surface area contributed by atoms with Crippen LogP contribution in [-0.4, -0.2) is 34.6 Å². The number of ether oxygens (including phenoxy) is 1. The van der Waals surface area contributed by atoms with Crippen LogP contribution in [0, 0.1) is 43.4 Å². The summed E-state index contributed by atoms with van der Waals surface area (Å²) in [6, 6.07) is 22.9. The number of aryl methyl sites for hydroxylation is 2. The minimum atomic E-state index is -0.347. The van der Waals surface area contributed by atoms with E-state index in [-0.39, 0.29) is 70.0 Å². The molecule has 8 nitrogen and oxygen atoms in total. The molecule has 1 saturated heterocycles. The Labute approximate surface area is 268 Å². The molecule has 0 spiro atoms. The van der Waals surface area contributed by atoms with Crippen LogP contribution in [0.4, 0.5) is 11.4 Å². The van der Waals surface area contributed by atoms with Crippen molar-refractivity contribution in [1.29, 1.82) is 0 Å². The minimum absolute atomic E-state index is 0.0427. The Morgan fingerprint density at radius 1 is 0.889 bits per heavy atom. The van der Waals surface area contributed by atoms with Crippen molar-refractivity contribution in [1.82, 2.24) is 4.98 Å². The number of H-pyrrole nitrogens is 1. The Balaban J connectivity index is 1.05. The lowest BCUT2D eigenvalue weighted by Crippen LogP contribution is -2.42. The summed E-state index contributed by atoms with van der Waals surface area (Å²) in [5.41, 5.74) is 4.58. The molecule has 7 atom stereocenters. The van der Waals surface area contributed by atoms with Gasteiger partial charge in [0.25, 0.3) is 5.91 Å². The number of nitrogens with one attached hydrogen (secondary N) is 2. The van der Waals surface area contributed by atoms with Crippen molar-refractivity contribution in [2.24, 2.45) is 29.6 Å². The van der Waals surface area contributed by atoms with Gasteiger partial charge in [-0.05, 0) is 80.0 Å². The first-order chi connectivity index (χ1) is 21.8. The number of carbonyl (C=O) groups is 3. The molecule has 0 radical (unpaired) electrons. The summed E-state index contributed by atoms with van der Waals surface area (Å²) in [5.74, 6) is -0.394. The van der Waals surface area contributed by atoms with Gasteiger partial charge in [0.15, 0.2) is 6.61 Å². The molecule has 2 aliphatic heterocycles. The van der Waals surface area contributed by atoms with Gasteiger partial charge in [0.05, 0.1) is 22.5 Å². The smallest absolute Gasteiger partial charge is 0.305 e. The van der Waals surface area contributed by atoms with Gasteiger partial charge >= 0.3 is 4.87 Å². The lowest BCUT2D eigenvalue weighted by molar-refractivity contribution is -0.123. The first-order valence-electron chi connectivity index (χ1n) is 15.2. The zero-order valence-electron chi connectivity index (χ0n) is 24.7. The Morgan fingerprint density at radius 3 is 2.22 bits per heavy atom. The van der Waals surface area contributed by atoms with E-state index >= 15 is 0 Å². The Hall–Kier alpha value is -4.15. The van der Waals surface area contributed by atoms with E-state index in [1.165, 1.54) is 16.2 Å². The molecule has 4 unspecified atom stereocenters. The minimum Gasteiger partial charge on any atom is -0.484 e. The molecule has 3 amide bonds. The predicted octanol–water partition coefficient (Wildman–Crippen LogP) is 5.75. The zero-order chi connectivity index (χ0) is 31.0. The van der Waals surface area contributed by atoms with E-state index in [1.54, 1.807) is 11.8 Å². The SMILES string of the molecule is Cc1ccc(NC(=O)COc2ccc([C@H]3c4sc(=O)[nH]c4SC4C3[C@H]3C[C@@H]4C4C(=O)N(c5ccc(C)cc5)C(=O)C43)cc2)cc1. The molecule has 2 aliphatic carbocycles. The number of hydrogen-bond donors (Lipinski definition) is 2. The number of carbonyl (C=O) groups excluding carboxylic acids is 3. The molecular formula is C35H31N3O5S2. The first-order valence-corrected chi connectivity index (χ1v) is 16.9. The molecule has 2 saturated carbocycles. The molecule has 2 bridgehead atoms. The monoisotopic (exact) mass is 637 g/mol. The lowest BCUT2D eigenvalue weighted by atomic mass is 9.68. The third kappa shape index (κ3) is 4.65. The van der Waals surface area contributed by atoms with Gasteiger partial charge in [-0.2, -0.15) is 0 Å². The number of nitrogens with zero attached hydrogens (tertiary/aromatic N) is 1. The van der Waals surface area contributed by atoms with Gasteiger partial charge < -0.3 is 15.0 Å².